The molecule has 1 fully saturated rings. The van der Waals surface area contributed by atoms with Crippen LogP contribution in [0.1, 0.15) is 30.5 Å². The van der Waals surface area contributed by atoms with E-state index in [1.54, 1.807) is 10.9 Å². The van der Waals surface area contributed by atoms with E-state index >= 15 is 0 Å². The molecule has 104 valence electrons. The first-order valence-corrected chi connectivity index (χ1v) is 6.21. The predicted octanol–water partition coefficient (Wildman–Crippen LogP) is 0.535. The van der Waals surface area contributed by atoms with Crippen LogP contribution in [0.3, 0.4) is 0 Å². The summed E-state index contributed by atoms with van der Waals surface area (Å²) in [6.07, 6.45) is 3.49. The summed E-state index contributed by atoms with van der Waals surface area (Å²) in [6.45, 7) is 2.24. The van der Waals surface area contributed by atoms with Crippen molar-refractivity contribution in [1.82, 2.24) is 20.4 Å². The lowest BCUT2D eigenvalue weighted by atomic mass is 9.77. The van der Waals surface area contributed by atoms with Crippen LogP contribution in [0.4, 0.5) is 4.79 Å². The number of nitrogens with one attached hydrogen (secondary N) is 2. The molecule has 0 bridgehead atoms. The summed E-state index contributed by atoms with van der Waals surface area (Å²) in [4.78, 5) is 22.8. The molecule has 0 radical (unpaired) electrons. The van der Waals surface area contributed by atoms with Gasteiger partial charge in [-0.3, -0.25) is 4.68 Å². The smallest absolute Gasteiger partial charge is 0.329 e. The largest absolute Gasteiger partial charge is 0.480 e. The number of carbonyl (C=O) groups excluding carboxylic acids is 1. The zero-order valence-corrected chi connectivity index (χ0v) is 11.1. The molecule has 2 amide bonds. The fourth-order valence-electron chi connectivity index (χ4n) is 2.08. The van der Waals surface area contributed by atoms with Crippen LogP contribution in [0.2, 0.25) is 0 Å². The first-order valence-electron chi connectivity index (χ1n) is 6.21. The minimum absolute atomic E-state index is 0.335. The Kier molecular flexibility index (Phi) is 3.46. The number of urea groups is 1. The Morgan fingerprint density at radius 1 is 1.53 bits per heavy atom. The molecule has 0 saturated heterocycles. The number of carbonyl (C=O) groups is 2. The molecule has 2 rings (SSSR count). The van der Waals surface area contributed by atoms with Crippen LogP contribution in [-0.4, -0.2) is 32.4 Å². The van der Waals surface area contributed by atoms with E-state index in [9.17, 15) is 9.59 Å². The van der Waals surface area contributed by atoms with Crippen LogP contribution in [0.25, 0.3) is 0 Å². The molecule has 1 heterocycles. The molecule has 1 aromatic heterocycles. The molecule has 1 aromatic rings. The molecule has 19 heavy (non-hydrogen) atoms. The van der Waals surface area contributed by atoms with Crippen LogP contribution in [0.5, 0.6) is 0 Å². The maximum Gasteiger partial charge on any atom is 0.329 e. The molecule has 3 N–H and O–H groups in total. The highest BCUT2D eigenvalue weighted by atomic mass is 16.4. The van der Waals surface area contributed by atoms with Gasteiger partial charge in [-0.05, 0) is 26.2 Å². The van der Waals surface area contributed by atoms with Crippen molar-refractivity contribution in [2.45, 2.75) is 38.3 Å². The summed E-state index contributed by atoms with van der Waals surface area (Å²) >= 11 is 0. The topological polar surface area (TPSA) is 96.2 Å². The lowest BCUT2D eigenvalue weighted by molar-refractivity contribution is -0.148. The standard InChI is InChI=1S/C12H18N4O3/c1-8-9(7-14-16(8)2)6-13-11(19)15-12(10(17)18)4-3-5-12/h7H,3-6H2,1-2H3,(H,17,18)(H2,13,15,19). The van der Waals surface area contributed by atoms with Crippen LogP contribution < -0.4 is 10.6 Å². The number of aryl methyl sites for hydroxylation is 1. The van der Waals surface area contributed by atoms with Crippen LogP contribution in [-0.2, 0) is 18.4 Å². The maximum absolute atomic E-state index is 11.7. The van der Waals surface area contributed by atoms with E-state index in [1.165, 1.54) is 0 Å². The van der Waals surface area contributed by atoms with Gasteiger partial charge < -0.3 is 15.7 Å². The van der Waals surface area contributed by atoms with E-state index in [0.717, 1.165) is 17.7 Å². The second kappa shape index (κ2) is 4.91. The van der Waals surface area contributed by atoms with Crippen molar-refractivity contribution in [3.63, 3.8) is 0 Å². The van der Waals surface area contributed by atoms with Gasteiger partial charge in [0, 0.05) is 24.8 Å². The van der Waals surface area contributed by atoms with Crippen molar-refractivity contribution in [2.24, 2.45) is 7.05 Å². The summed E-state index contributed by atoms with van der Waals surface area (Å²) in [6, 6.07) is -0.453. The van der Waals surface area contributed by atoms with Crippen molar-refractivity contribution in [2.75, 3.05) is 0 Å². The van der Waals surface area contributed by atoms with E-state index < -0.39 is 17.5 Å². The zero-order valence-electron chi connectivity index (χ0n) is 11.1. The van der Waals surface area contributed by atoms with Gasteiger partial charge in [-0.15, -0.1) is 0 Å². The van der Waals surface area contributed by atoms with Crippen LogP contribution >= 0.6 is 0 Å². The van der Waals surface area contributed by atoms with Gasteiger partial charge >= 0.3 is 12.0 Å². The first-order chi connectivity index (χ1) is 8.94. The predicted molar refractivity (Wildman–Crippen MR) is 67.5 cm³/mol. The van der Waals surface area contributed by atoms with Gasteiger partial charge in [0.1, 0.15) is 5.54 Å². The minimum Gasteiger partial charge on any atom is -0.480 e. The summed E-state index contributed by atoms with van der Waals surface area (Å²) in [5.41, 5.74) is 0.807. The summed E-state index contributed by atoms with van der Waals surface area (Å²) in [7, 11) is 1.83. The number of carboxylic acids is 1. The third kappa shape index (κ3) is 2.54. The molecule has 0 aromatic carbocycles. The minimum atomic E-state index is -1.08. The highest BCUT2D eigenvalue weighted by Gasteiger charge is 2.45. The van der Waals surface area contributed by atoms with E-state index in [1.807, 2.05) is 14.0 Å². The number of amides is 2. The Labute approximate surface area is 111 Å². The fourth-order valence-corrected chi connectivity index (χ4v) is 2.08. The van der Waals surface area contributed by atoms with E-state index in [4.69, 9.17) is 5.11 Å². The van der Waals surface area contributed by atoms with Gasteiger partial charge in [0.25, 0.3) is 0 Å². The number of aromatic nitrogens is 2. The lowest BCUT2D eigenvalue weighted by Crippen LogP contribution is -2.61. The third-order valence-corrected chi connectivity index (χ3v) is 3.75. The van der Waals surface area contributed by atoms with Crippen molar-refractivity contribution >= 4 is 12.0 Å². The Morgan fingerprint density at radius 3 is 2.63 bits per heavy atom. The molecule has 7 nitrogen and oxygen atoms in total. The quantitative estimate of drug-likeness (QED) is 0.741. The Morgan fingerprint density at radius 2 is 2.21 bits per heavy atom. The molecule has 0 atom stereocenters. The molecule has 0 unspecified atom stereocenters. The van der Waals surface area contributed by atoms with Crippen LogP contribution in [0, 0.1) is 6.92 Å². The van der Waals surface area contributed by atoms with Gasteiger partial charge in [-0.2, -0.15) is 5.10 Å². The Bertz CT molecular complexity index is 505. The lowest BCUT2D eigenvalue weighted by Gasteiger charge is -2.38. The number of hydrogen-bond acceptors (Lipinski definition) is 3. The molecule has 1 saturated carbocycles. The summed E-state index contributed by atoms with van der Waals surface area (Å²) in [5.74, 6) is -0.966. The molecular weight excluding hydrogens is 248 g/mol. The summed E-state index contributed by atoms with van der Waals surface area (Å²) in [5, 5.41) is 18.4. The number of rotatable bonds is 4. The number of carboxylic acid groups (broad SMARTS) is 1. The van der Waals surface area contributed by atoms with Crippen molar-refractivity contribution in [1.29, 1.82) is 0 Å². The molecular formula is C12H18N4O3. The first kappa shape index (κ1) is 13.4. The second-order valence-corrected chi connectivity index (χ2v) is 4.93. The van der Waals surface area contributed by atoms with Crippen molar-refractivity contribution in [3.05, 3.63) is 17.5 Å². The number of aliphatic carboxylic acids is 1. The maximum atomic E-state index is 11.7. The Hall–Kier alpha value is -2.05. The highest BCUT2D eigenvalue weighted by Crippen LogP contribution is 2.31. The molecule has 7 heteroatoms. The Balaban J connectivity index is 1.88. The van der Waals surface area contributed by atoms with Crippen molar-refractivity contribution in [3.8, 4) is 0 Å². The normalized spacial score (nSPS) is 16.5. The summed E-state index contributed by atoms with van der Waals surface area (Å²) < 4.78 is 1.72. The van der Waals surface area contributed by atoms with Crippen LogP contribution in [0.15, 0.2) is 6.20 Å². The van der Waals surface area contributed by atoms with Gasteiger partial charge in [0.2, 0.25) is 0 Å². The molecule has 1 aliphatic rings. The zero-order chi connectivity index (χ0) is 14.0. The number of hydrogen-bond donors (Lipinski definition) is 3. The van der Waals surface area contributed by atoms with E-state index in [-0.39, 0.29) is 0 Å². The van der Waals surface area contributed by atoms with Gasteiger partial charge in [-0.1, -0.05) is 0 Å². The third-order valence-electron chi connectivity index (χ3n) is 3.75. The van der Waals surface area contributed by atoms with E-state index in [2.05, 4.69) is 15.7 Å². The molecule has 0 aliphatic heterocycles. The SMILES string of the molecule is Cc1c(CNC(=O)NC2(C(=O)O)CCC2)cnn1C. The number of nitrogens with zero attached hydrogens (tertiary/aromatic N) is 2. The fraction of sp³-hybridized carbons (Fsp3) is 0.583. The van der Waals surface area contributed by atoms with Gasteiger partial charge in [0.05, 0.1) is 6.20 Å². The molecule has 0 spiro atoms. The van der Waals surface area contributed by atoms with Crippen molar-refractivity contribution < 1.29 is 14.7 Å². The average Bonchev–Trinajstić information content (AvgIpc) is 2.62. The molecule has 1 aliphatic carbocycles. The van der Waals surface area contributed by atoms with E-state index in [0.29, 0.717) is 19.4 Å². The van der Waals surface area contributed by atoms with Gasteiger partial charge in [-0.25, -0.2) is 9.59 Å². The monoisotopic (exact) mass is 266 g/mol. The second-order valence-electron chi connectivity index (χ2n) is 4.93. The highest BCUT2D eigenvalue weighted by molar-refractivity contribution is 5.87. The average molecular weight is 266 g/mol. The van der Waals surface area contributed by atoms with Gasteiger partial charge in [0.15, 0.2) is 0 Å².